The van der Waals surface area contributed by atoms with Crippen molar-refractivity contribution in [2.24, 2.45) is 0 Å². The molecular weight excluding hydrogens is 272 g/mol. The molecule has 3 nitrogen and oxygen atoms in total. The standard InChI is InChI=1S/C16H18N2O.ClH/c1-19-14-8-6-13(7-9-14)12-18-11-10-17-15-4-2-3-5-16(15)18;/h2-9,17H,10-12H2,1H3;1H. The lowest BCUT2D eigenvalue weighted by molar-refractivity contribution is 0.414. The summed E-state index contributed by atoms with van der Waals surface area (Å²) >= 11 is 0. The Morgan fingerprint density at radius 1 is 1.10 bits per heavy atom. The Balaban J connectivity index is 0.00000147. The van der Waals surface area contributed by atoms with Gasteiger partial charge in [-0.25, -0.2) is 0 Å². The minimum atomic E-state index is 0. The molecule has 0 saturated carbocycles. The van der Waals surface area contributed by atoms with Crippen LogP contribution in [0.4, 0.5) is 11.4 Å². The zero-order valence-electron chi connectivity index (χ0n) is 11.5. The minimum Gasteiger partial charge on any atom is -0.497 e. The number of halogens is 1. The Hall–Kier alpha value is -1.87. The number of nitrogens with one attached hydrogen (secondary N) is 1. The van der Waals surface area contributed by atoms with Crippen LogP contribution in [-0.2, 0) is 6.54 Å². The molecule has 1 aliphatic rings. The molecule has 20 heavy (non-hydrogen) atoms. The van der Waals surface area contributed by atoms with Crippen LogP contribution in [0.3, 0.4) is 0 Å². The van der Waals surface area contributed by atoms with Crippen molar-refractivity contribution in [1.82, 2.24) is 0 Å². The van der Waals surface area contributed by atoms with Gasteiger partial charge in [0.15, 0.2) is 0 Å². The molecule has 0 aromatic heterocycles. The summed E-state index contributed by atoms with van der Waals surface area (Å²) in [6.45, 7) is 2.96. The van der Waals surface area contributed by atoms with Crippen molar-refractivity contribution in [3.05, 3.63) is 54.1 Å². The summed E-state index contributed by atoms with van der Waals surface area (Å²) in [7, 11) is 1.70. The van der Waals surface area contributed by atoms with E-state index < -0.39 is 0 Å². The van der Waals surface area contributed by atoms with Crippen molar-refractivity contribution in [2.75, 3.05) is 30.4 Å². The van der Waals surface area contributed by atoms with Gasteiger partial charge in [-0.15, -0.1) is 12.4 Å². The number of hydrogen-bond acceptors (Lipinski definition) is 3. The second-order valence-electron chi connectivity index (χ2n) is 4.71. The van der Waals surface area contributed by atoms with E-state index in [1.165, 1.54) is 16.9 Å². The van der Waals surface area contributed by atoms with E-state index >= 15 is 0 Å². The molecule has 0 spiro atoms. The molecule has 4 heteroatoms. The lowest BCUT2D eigenvalue weighted by atomic mass is 10.1. The molecule has 0 atom stereocenters. The number of para-hydroxylation sites is 2. The summed E-state index contributed by atoms with van der Waals surface area (Å²) in [5.74, 6) is 0.907. The molecule has 0 radical (unpaired) electrons. The largest absolute Gasteiger partial charge is 0.497 e. The molecule has 106 valence electrons. The molecule has 2 aromatic rings. The van der Waals surface area contributed by atoms with Gasteiger partial charge in [-0.05, 0) is 29.8 Å². The van der Waals surface area contributed by atoms with Crippen LogP contribution in [0.25, 0.3) is 0 Å². The zero-order chi connectivity index (χ0) is 13.1. The average Bonchev–Trinajstić information content (AvgIpc) is 2.48. The van der Waals surface area contributed by atoms with Crippen LogP contribution in [0.15, 0.2) is 48.5 Å². The fourth-order valence-corrected chi connectivity index (χ4v) is 2.46. The number of benzene rings is 2. The van der Waals surface area contributed by atoms with E-state index in [1.807, 2.05) is 12.1 Å². The predicted octanol–water partition coefficient (Wildman–Crippen LogP) is 3.55. The highest BCUT2D eigenvalue weighted by Gasteiger charge is 2.15. The molecule has 1 N–H and O–H groups in total. The van der Waals surface area contributed by atoms with Crippen molar-refractivity contribution in [3.63, 3.8) is 0 Å². The first-order chi connectivity index (χ1) is 9.36. The normalized spacial score (nSPS) is 12.9. The molecular formula is C16H19ClN2O. The van der Waals surface area contributed by atoms with Crippen molar-refractivity contribution in [3.8, 4) is 5.75 Å². The number of hydrogen-bond donors (Lipinski definition) is 1. The van der Waals surface area contributed by atoms with Gasteiger partial charge in [-0.3, -0.25) is 0 Å². The lowest BCUT2D eigenvalue weighted by Gasteiger charge is -2.32. The minimum absolute atomic E-state index is 0. The second kappa shape index (κ2) is 6.53. The Kier molecular flexibility index (Phi) is 4.74. The topological polar surface area (TPSA) is 24.5 Å². The molecule has 1 aliphatic heterocycles. The van der Waals surface area contributed by atoms with E-state index in [0.717, 1.165) is 25.4 Å². The summed E-state index contributed by atoms with van der Waals surface area (Å²) in [5.41, 5.74) is 3.81. The van der Waals surface area contributed by atoms with Gasteiger partial charge in [-0.2, -0.15) is 0 Å². The van der Waals surface area contributed by atoms with Crippen molar-refractivity contribution in [2.45, 2.75) is 6.54 Å². The molecule has 0 fully saturated rings. The summed E-state index contributed by atoms with van der Waals surface area (Å²) in [5, 5.41) is 3.43. The third kappa shape index (κ3) is 2.99. The summed E-state index contributed by atoms with van der Waals surface area (Å²) in [6, 6.07) is 16.8. The number of fused-ring (bicyclic) bond motifs is 1. The van der Waals surface area contributed by atoms with Crippen LogP contribution in [0.5, 0.6) is 5.75 Å². The quantitative estimate of drug-likeness (QED) is 0.935. The van der Waals surface area contributed by atoms with Gasteiger partial charge in [0.1, 0.15) is 5.75 Å². The van der Waals surface area contributed by atoms with E-state index in [4.69, 9.17) is 4.74 Å². The molecule has 1 heterocycles. The van der Waals surface area contributed by atoms with Gasteiger partial charge >= 0.3 is 0 Å². The lowest BCUT2D eigenvalue weighted by Crippen LogP contribution is -2.33. The van der Waals surface area contributed by atoms with E-state index in [-0.39, 0.29) is 12.4 Å². The highest BCUT2D eigenvalue weighted by atomic mass is 35.5. The molecule has 0 amide bonds. The maximum atomic E-state index is 5.19. The van der Waals surface area contributed by atoms with Crippen LogP contribution in [-0.4, -0.2) is 20.2 Å². The van der Waals surface area contributed by atoms with Crippen LogP contribution in [0, 0.1) is 0 Å². The summed E-state index contributed by atoms with van der Waals surface area (Å²) < 4.78 is 5.19. The Labute approximate surface area is 126 Å². The van der Waals surface area contributed by atoms with Crippen molar-refractivity contribution >= 4 is 23.8 Å². The highest BCUT2D eigenvalue weighted by molar-refractivity contribution is 5.85. The van der Waals surface area contributed by atoms with Gasteiger partial charge in [0, 0.05) is 19.6 Å². The Morgan fingerprint density at radius 2 is 1.85 bits per heavy atom. The Bertz CT molecular complexity index is 557. The Morgan fingerprint density at radius 3 is 2.60 bits per heavy atom. The molecule has 0 aliphatic carbocycles. The van der Waals surface area contributed by atoms with Crippen LogP contribution >= 0.6 is 12.4 Å². The third-order valence-corrected chi connectivity index (χ3v) is 3.47. The summed E-state index contributed by atoms with van der Waals surface area (Å²) in [4.78, 5) is 2.41. The monoisotopic (exact) mass is 290 g/mol. The van der Waals surface area contributed by atoms with Crippen LogP contribution in [0.2, 0.25) is 0 Å². The van der Waals surface area contributed by atoms with Gasteiger partial charge in [0.2, 0.25) is 0 Å². The number of methoxy groups -OCH3 is 1. The first-order valence-corrected chi connectivity index (χ1v) is 6.57. The van der Waals surface area contributed by atoms with Gasteiger partial charge in [0.25, 0.3) is 0 Å². The van der Waals surface area contributed by atoms with Gasteiger partial charge in [-0.1, -0.05) is 24.3 Å². The average molecular weight is 291 g/mol. The fourth-order valence-electron chi connectivity index (χ4n) is 2.46. The van der Waals surface area contributed by atoms with Crippen LogP contribution in [0.1, 0.15) is 5.56 Å². The zero-order valence-corrected chi connectivity index (χ0v) is 12.3. The molecule has 0 bridgehead atoms. The third-order valence-electron chi connectivity index (χ3n) is 3.47. The molecule has 3 rings (SSSR count). The van der Waals surface area contributed by atoms with Gasteiger partial charge in [0.05, 0.1) is 18.5 Å². The first kappa shape index (κ1) is 14.5. The number of nitrogens with zero attached hydrogens (tertiary/aromatic N) is 1. The van der Waals surface area contributed by atoms with Gasteiger partial charge < -0.3 is 15.0 Å². The second-order valence-corrected chi connectivity index (χ2v) is 4.71. The van der Waals surface area contributed by atoms with Crippen LogP contribution < -0.4 is 15.0 Å². The SMILES string of the molecule is COc1ccc(CN2CCNc3ccccc32)cc1.Cl. The smallest absolute Gasteiger partial charge is 0.118 e. The molecule has 0 unspecified atom stereocenters. The highest BCUT2D eigenvalue weighted by Crippen LogP contribution is 2.29. The van der Waals surface area contributed by atoms with E-state index in [0.29, 0.717) is 0 Å². The first-order valence-electron chi connectivity index (χ1n) is 6.57. The maximum absolute atomic E-state index is 5.19. The number of rotatable bonds is 3. The van der Waals surface area contributed by atoms with E-state index in [1.54, 1.807) is 7.11 Å². The summed E-state index contributed by atoms with van der Waals surface area (Å²) in [6.07, 6.45) is 0. The van der Waals surface area contributed by atoms with Crippen molar-refractivity contribution < 1.29 is 4.74 Å². The maximum Gasteiger partial charge on any atom is 0.118 e. The number of anilines is 2. The molecule has 0 saturated heterocycles. The predicted molar refractivity (Wildman–Crippen MR) is 86.2 cm³/mol. The van der Waals surface area contributed by atoms with Crippen molar-refractivity contribution in [1.29, 1.82) is 0 Å². The molecule has 2 aromatic carbocycles. The van der Waals surface area contributed by atoms with E-state index in [9.17, 15) is 0 Å². The van der Waals surface area contributed by atoms with E-state index in [2.05, 4.69) is 46.6 Å². The number of ether oxygens (including phenoxy) is 1. The fraction of sp³-hybridized carbons (Fsp3) is 0.250.